The van der Waals surface area contributed by atoms with E-state index in [0.717, 1.165) is 18.6 Å². The molecule has 2 atom stereocenters. The second-order valence-electron chi connectivity index (χ2n) is 6.20. The lowest BCUT2D eigenvalue weighted by Crippen LogP contribution is -2.41. The smallest absolute Gasteiger partial charge is 0.0746 e. The zero-order chi connectivity index (χ0) is 13.9. The molecule has 0 bridgehead atoms. The second kappa shape index (κ2) is 6.29. The first-order valence-corrected chi connectivity index (χ1v) is 8.14. The minimum atomic E-state index is -0.617. The highest BCUT2D eigenvalue weighted by Crippen LogP contribution is 2.36. The third-order valence-corrected chi connectivity index (χ3v) is 4.66. The molecule has 2 nitrogen and oxygen atoms in total. The fraction of sp³-hybridized carbons (Fsp3) is 0.625. The van der Waals surface area contributed by atoms with Gasteiger partial charge >= 0.3 is 0 Å². The van der Waals surface area contributed by atoms with Crippen molar-refractivity contribution in [3.8, 4) is 0 Å². The van der Waals surface area contributed by atoms with Crippen molar-refractivity contribution in [2.24, 2.45) is 5.92 Å². The predicted molar refractivity (Wildman–Crippen MR) is 82.6 cm³/mol. The van der Waals surface area contributed by atoms with Gasteiger partial charge in [0.05, 0.1) is 5.60 Å². The molecule has 1 aromatic carbocycles. The number of benzene rings is 1. The molecule has 0 amide bonds. The summed E-state index contributed by atoms with van der Waals surface area (Å²) >= 11 is 1.93. The van der Waals surface area contributed by atoms with Gasteiger partial charge in [0.15, 0.2) is 0 Å². The topological polar surface area (TPSA) is 32.3 Å². The van der Waals surface area contributed by atoms with E-state index in [-0.39, 0.29) is 0 Å². The minimum Gasteiger partial charge on any atom is -0.389 e. The van der Waals surface area contributed by atoms with Crippen LogP contribution >= 0.6 is 11.8 Å². The molecule has 2 unspecified atom stereocenters. The maximum absolute atomic E-state index is 10.4. The number of hydrogen-bond donors (Lipinski definition) is 2. The van der Waals surface area contributed by atoms with Crippen molar-refractivity contribution in [1.82, 2.24) is 5.32 Å². The Balaban J connectivity index is 1.98. The Morgan fingerprint density at radius 2 is 2.16 bits per heavy atom. The van der Waals surface area contributed by atoms with E-state index in [1.165, 1.54) is 10.5 Å². The summed E-state index contributed by atoms with van der Waals surface area (Å²) in [6, 6.07) is 8.99. The zero-order valence-corrected chi connectivity index (χ0v) is 13.0. The Morgan fingerprint density at radius 3 is 2.89 bits per heavy atom. The lowest BCUT2D eigenvalue weighted by atomic mass is 9.93. The number of nitrogens with one attached hydrogen (secondary N) is 1. The van der Waals surface area contributed by atoms with Crippen molar-refractivity contribution in [2.75, 3.05) is 12.3 Å². The van der Waals surface area contributed by atoms with Gasteiger partial charge in [0.2, 0.25) is 0 Å². The van der Waals surface area contributed by atoms with Gasteiger partial charge in [0.25, 0.3) is 0 Å². The molecule has 106 valence electrons. The maximum atomic E-state index is 10.4. The molecule has 0 spiro atoms. The van der Waals surface area contributed by atoms with Crippen LogP contribution in [-0.4, -0.2) is 23.0 Å². The molecule has 3 heteroatoms. The Kier molecular flexibility index (Phi) is 4.93. The highest BCUT2D eigenvalue weighted by atomic mass is 32.2. The zero-order valence-electron chi connectivity index (χ0n) is 12.1. The molecular formula is C16H25NOS. The van der Waals surface area contributed by atoms with Gasteiger partial charge in [-0.1, -0.05) is 32.0 Å². The molecule has 0 saturated carbocycles. The summed E-state index contributed by atoms with van der Waals surface area (Å²) in [5.41, 5.74) is 0.771. The Morgan fingerprint density at radius 1 is 1.42 bits per heavy atom. The largest absolute Gasteiger partial charge is 0.389 e. The monoisotopic (exact) mass is 279 g/mol. The Bertz CT molecular complexity index is 417. The first-order chi connectivity index (χ1) is 8.98. The summed E-state index contributed by atoms with van der Waals surface area (Å²) in [7, 11) is 0. The summed E-state index contributed by atoms with van der Waals surface area (Å²) in [4.78, 5) is 1.38. The van der Waals surface area contributed by atoms with E-state index < -0.39 is 5.60 Å². The van der Waals surface area contributed by atoms with Crippen LogP contribution in [0.4, 0.5) is 0 Å². The van der Waals surface area contributed by atoms with Gasteiger partial charge in [-0.3, -0.25) is 0 Å². The third-order valence-electron chi connectivity index (χ3n) is 3.54. The van der Waals surface area contributed by atoms with Crippen molar-refractivity contribution < 1.29 is 5.11 Å². The maximum Gasteiger partial charge on any atom is 0.0746 e. The standard InChI is InChI=1S/C16H25NOS/c1-12(2)10-16(3,18)11-17-14-8-9-19-15-7-5-4-6-13(14)15/h4-7,12,14,17-18H,8-11H2,1-3H3. The molecule has 1 aromatic rings. The van der Waals surface area contributed by atoms with E-state index in [0.29, 0.717) is 18.5 Å². The van der Waals surface area contributed by atoms with Gasteiger partial charge in [-0.2, -0.15) is 0 Å². The van der Waals surface area contributed by atoms with Crippen LogP contribution < -0.4 is 5.32 Å². The molecule has 1 aliphatic rings. The number of rotatable bonds is 5. The third kappa shape index (κ3) is 4.23. The molecule has 1 aliphatic heterocycles. The normalized spacial score (nSPS) is 22.1. The highest BCUT2D eigenvalue weighted by molar-refractivity contribution is 7.99. The summed E-state index contributed by atoms with van der Waals surface area (Å²) < 4.78 is 0. The Labute approximate surface area is 121 Å². The molecule has 0 radical (unpaired) electrons. The van der Waals surface area contributed by atoms with Gasteiger partial charge in [-0.25, -0.2) is 0 Å². The summed E-state index contributed by atoms with van der Waals surface area (Å²) in [5, 5.41) is 14.0. The van der Waals surface area contributed by atoms with Crippen molar-refractivity contribution in [3.63, 3.8) is 0 Å². The van der Waals surface area contributed by atoms with Crippen LogP contribution in [-0.2, 0) is 0 Å². The lowest BCUT2D eigenvalue weighted by Gasteiger charge is -2.31. The molecule has 0 saturated heterocycles. The van der Waals surface area contributed by atoms with Gasteiger partial charge in [-0.05, 0) is 43.1 Å². The van der Waals surface area contributed by atoms with Crippen LogP contribution in [0, 0.1) is 5.92 Å². The van der Waals surface area contributed by atoms with Crippen LogP contribution in [0.15, 0.2) is 29.2 Å². The van der Waals surface area contributed by atoms with Crippen LogP contribution in [0.5, 0.6) is 0 Å². The molecule has 19 heavy (non-hydrogen) atoms. The van der Waals surface area contributed by atoms with E-state index in [1.54, 1.807) is 0 Å². The SMILES string of the molecule is CC(C)CC(C)(O)CNC1CCSc2ccccc21. The molecule has 0 fully saturated rings. The van der Waals surface area contributed by atoms with E-state index in [4.69, 9.17) is 0 Å². The van der Waals surface area contributed by atoms with Crippen LogP contribution in [0.3, 0.4) is 0 Å². The quantitative estimate of drug-likeness (QED) is 0.863. The predicted octanol–water partition coefficient (Wildman–Crippen LogP) is 3.61. The van der Waals surface area contributed by atoms with E-state index in [2.05, 4.69) is 43.4 Å². The number of aliphatic hydroxyl groups is 1. The fourth-order valence-corrected chi connectivity index (χ4v) is 3.97. The van der Waals surface area contributed by atoms with Gasteiger partial charge in [0, 0.05) is 17.5 Å². The van der Waals surface area contributed by atoms with Crippen LogP contribution in [0.2, 0.25) is 0 Å². The molecule has 2 rings (SSSR count). The first-order valence-electron chi connectivity index (χ1n) is 7.15. The van der Waals surface area contributed by atoms with Crippen molar-refractivity contribution >= 4 is 11.8 Å². The lowest BCUT2D eigenvalue weighted by molar-refractivity contribution is 0.0356. The average molecular weight is 279 g/mol. The van der Waals surface area contributed by atoms with E-state index in [9.17, 15) is 5.11 Å². The molecule has 1 heterocycles. The van der Waals surface area contributed by atoms with Crippen molar-refractivity contribution in [2.45, 2.75) is 50.2 Å². The number of fused-ring (bicyclic) bond motifs is 1. The minimum absolute atomic E-state index is 0.385. The first kappa shape index (κ1) is 14.9. The molecule has 0 aromatic heterocycles. The molecular weight excluding hydrogens is 254 g/mol. The Hall–Kier alpha value is -0.510. The molecule has 2 N–H and O–H groups in total. The van der Waals surface area contributed by atoms with Crippen molar-refractivity contribution in [3.05, 3.63) is 29.8 Å². The summed E-state index contributed by atoms with van der Waals surface area (Å²) in [6.45, 7) is 6.90. The van der Waals surface area contributed by atoms with E-state index >= 15 is 0 Å². The second-order valence-corrected chi connectivity index (χ2v) is 7.34. The summed E-state index contributed by atoms with van der Waals surface area (Å²) in [6.07, 6.45) is 1.97. The van der Waals surface area contributed by atoms with E-state index in [1.807, 2.05) is 18.7 Å². The van der Waals surface area contributed by atoms with Gasteiger partial charge < -0.3 is 10.4 Å². The number of thioether (sulfide) groups is 1. The van der Waals surface area contributed by atoms with Crippen molar-refractivity contribution in [1.29, 1.82) is 0 Å². The average Bonchev–Trinajstić information content (AvgIpc) is 2.35. The van der Waals surface area contributed by atoms with Crippen LogP contribution in [0.1, 0.15) is 45.2 Å². The highest BCUT2D eigenvalue weighted by Gasteiger charge is 2.25. The fourth-order valence-electron chi connectivity index (χ4n) is 2.85. The van der Waals surface area contributed by atoms with Crippen LogP contribution in [0.25, 0.3) is 0 Å². The number of hydrogen-bond acceptors (Lipinski definition) is 3. The summed E-state index contributed by atoms with van der Waals surface area (Å²) in [5.74, 6) is 1.67. The van der Waals surface area contributed by atoms with Gasteiger partial charge in [-0.15, -0.1) is 11.8 Å². The van der Waals surface area contributed by atoms with Gasteiger partial charge in [0.1, 0.15) is 0 Å². The molecule has 0 aliphatic carbocycles.